The number of hydrogen-bond donors (Lipinski definition) is 4. The molecule has 2 aliphatic rings. The lowest BCUT2D eigenvalue weighted by molar-refractivity contribution is -0.139. The van der Waals surface area contributed by atoms with Crippen LogP contribution in [-0.2, 0) is 14.3 Å². The van der Waals surface area contributed by atoms with E-state index in [0.29, 0.717) is 26.3 Å². The Morgan fingerprint density at radius 1 is 1.17 bits per heavy atom. The van der Waals surface area contributed by atoms with E-state index >= 15 is 0 Å². The van der Waals surface area contributed by atoms with Crippen molar-refractivity contribution in [2.45, 2.75) is 50.7 Å². The molecular formula is C15H27N3O6. The molecule has 4 N–H and O–H groups in total. The summed E-state index contributed by atoms with van der Waals surface area (Å²) in [5.41, 5.74) is 0. The van der Waals surface area contributed by atoms with Gasteiger partial charge in [-0.3, -0.25) is 4.79 Å². The van der Waals surface area contributed by atoms with Gasteiger partial charge >= 0.3 is 6.03 Å². The minimum absolute atomic E-state index is 0.00703. The van der Waals surface area contributed by atoms with Gasteiger partial charge in [-0.1, -0.05) is 0 Å². The fraction of sp³-hybridized carbons (Fsp3) is 0.867. The van der Waals surface area contributed by atoms with Gasteiger partial charge in [-0.25, -0.2) is 4.79 Å². The molecule has 9 heteroatoms. The van der Waals surface area contributed by atoms with Crippen molar-refractivity contribution in [3.63, 3.8) is 0 Å². The average Bonchev–Trinajstić information content (AvgIpc) is 2.81. The summed E-state index contributed by atoms with van der Waals surface area (Å²) in [6.45, 7) is 5.75. The normalized spacial score (nSPS) is 30.5. The zero-order chi connectivity index (χ0) is 17.7. The molecule has 2 fully saturated rings. The molecule has 9 nitrogen and oxygen atoms in total. The molecule has 0 bridgehead atoms. The summed E-state index contributed by atoms with van der Waals surface area (Å²) in [6, 6.07) is -0.382. The molecule has 2 saturated heterocycles. The first-order valence-corrected chi connectivity index (χ1v) is 8.30. The number of carbonyl (C=O) groups is 2. The number of amides is 3. The molecule has 3 amide bonds. The number of nitrogens with zero attached hydrogens (tertiary/aromatic N) is 1. The number of morpholine rings is 1. The lowest BCUT2D eigenvalue weighted by Gasteiger charge is -2.28. The van der Waals surface area contributed by atoms with Crippen LogP contribution in [-0.4, -0.2) is 90.4 Å². The Labute approximate surface area is 141 Å². The SMILES string of the molecule is CC(C)NC(=O)NCC1OC(CC(=O)N2CCOCC2)C(O)C1O. The van der Waals surface area contributed by atoms with E-state index in [4.69, 9.17) is 9.47 Å². The van der Waals surface area contributed by atoms with Crippen LogP contribution in [0.15, 0.2) is 0 Å². The second-order valence-corrected chi connectivity index (χ2v) is 6.40. The highest BCUT2D eigenvalue weighted by molar-refractivity contribution is 5.77. The van der Waals surface area contributed by atoms with Crippen LogP contribution in [0.5, 0.6) is 0 Å². The van der Waals surface area contributed by atoms with Gasteiger partial charge in [0.15, 0.2) is 0 Å². The molecule has 0 aromatic carbocycles. The predicted molar refractivity (Wildman–Crippen MR) is 84.4 cm³/mol. The number of ether oxygens (including phenoxy) is 2. The Kier molecular flexibility index (Phi) is 6.79. The van der Waals surface area contributed by atoms with Crippen molar-refractivity contribution in [3.8, 4) is 0 Å². The van der Waals surface area contributed by atoms with Crippen LogP contribution in [0.3, 0.4) is 0 Å². The number of rotatable bonds is 5. The molecule has 138 valence electrons. The highest BCUT2D eigenvalue weighted by Crippen LogP contribution is 2.24. The van der Waals surface area contributed by atoms with E-state index < -0.39 is 24.4 Å². The Morgan fingerprint density at radius 3 is 2.42 bits per heavy atom. The molecule has 2 aliphatic heterocycles. The van der Waals surface area contributed by atoms with Gasteiger partial charge in [0, 0.05) is 25.7 Å². The first-order chi connectivity index (χ1) is 11.4. The van der Waals surface area contributed by atoms with Crippen LogP contribution in [0.1, 0.15) is 20.3 Å². The van der Waals surface area contributed by atoms with Crippen molar-refractivity contribution in [2.24, 2.45) is 0 Å². The average molecular weight is 345 g/mol. The first kappa shape index (κ1) is 18.9. The van der Waals surface area contributed by atoms with E-state index in [1.54, 1.807) is 4.90 Å². The van der Waals surface area contributed by atoms with Gasteiger partial charge in [-0.2, -0.15) is 0 Å². The summed E-state index contributed by atoms with van der Waals surface area (Å²) in [6.07, 6.45) is -3.84. The topological polar surface area (TPSA) is 120 Å². The second kappa shape index (κ2) is 8.61. The van der Waals surface area contributed by atoms with E-state index in [0.717, 1.165) is 0 Å². The molecule has 24 heavy (non-hydrogen) atoms. The van der Waals surface area contributed by atoms with Gasteiger partial charge in [0.1, 0.15) is 18.3 Å². The molecule has 4 unspecified atom stereocenters. The number of urea groups is 1. The maximum absolute atomic E-state index is 12.2. The number of aliphatic hydroxyl groups is 2. The number of nitrogens with one attached hydrogen (secondary N) is 2. The molecule has 0 spiro atoms. The van der Waals surface area contributed by atoms with Gasteiger partial charge in [0.2, 0.25) is 5.91 Å². The molecular weight excluding hydrogens is 318 g/mol. The van der Waals surface area contributed by atoms with E-state index in [9.17, 15) is 19.8 Å². The maximum atomic E-state index is 12.2. The molecule has 0 radical (unpaired) electrons. The van der Waals surface area contributed by atoms with Crippen molar-refractivity contribution in [1.29, 1.82) is 0 Å². The highest BCUT2D eigenvalue weighted by Gasteiger charge is 2.43. The standard InChI is InChI=1S/C15H27N3O6/c1-9(2)17-15(22)16-8-11-14(21)13(20)10(24-11)7-12(19)18-3-5-23-6-4-18/h9-11,13-14,20-21H,3-8H2,1-2H3,(H2,16,17,22). The Hall–Kier alpha value is -1.42. The van der Waals surface area contributed by atoms with E-state index in [1.807, 2.05) is 13.8 Å². The molecule has 4 atom stereocenters. The van der Waals surface area contributed by atoms with Crippen molar-refractivity contribution in [1.82, 2.24) is 15.5 Å². The molecule has 0 aromatic heterocycles. The Morgan fingerprint density at radius 2 is 1.79 bits per heavy atom. The monoisotopic (exact) mass is 345 g/mol. The molecule has 0 aromatic rings. The highest BCUT2D eigenvalue weighted by atomic mass is 16.5. The molecule has 0 aliphatic carbocycles. The summed E-state index contributed by atoms with van der Waals surface area (Å²) >= 11 is 0. The number of carbonyl (C=O) groups excluding carboxylic acids is 2. The predicted octanol–water partition coefficient (Wildman–Crippen LogP) is -1.57. The molecule has 2 heterocycles. The third kappa shape index (κ3) is 5.04. The van der Waals surface area contributed by atoms with Crippen molar-refractivity contribution >= 4 is 11.9 Å². The maximum Gasteiger partial charge on any atom is 0.315 e. The van der Waals surface area contributed by atoms with Crippen LogP contribution >= 0.6 is 0 Å². The zero-order valence-corrected chi connectivity index (χ0v) is 14.1. The Bertz CT molecular complexity index is 441. The fourth-order valence-electron chi connectivity index (χ4n) is 2.78. The fourth-order valence-corrected chi connectivity index (χ4v) is 2.78. The van der Waals surface area contributed by atoms with Crippen LogP contribution in [0.4, 0.5) is 4.79 Å². The van der Waals surface area contributed by atoms with Crippen LogP contribution < -0.4 is 10.6 Å². The zero-order valence-electron chi connectivity index (χ0n) is 14.1. The van der Waals surface area contributed by atoms with Crippen LogP contribution in [0.25, 0.3) is 0 Å². The summed E-state index contributed by atoms with van der Waals surface area (Å²) < 4.78 is 10.8. The summed E-state index contributed by atoms with van der Waals surface area (Å²) in [7, 11) is 0. The lowest BCUT2D eigenvalue weighted by atomic mass is 10.0. The second-order valence-electron chi connectivity index (χ2n) is 6.40. The first-order valence-electron chi connectivity index (χ1n) is 8.30. The van der Waals surface area contributed by atoms with Gasteiger partial charge < -0.3 is 35.2 Å². The van der Waals surface area contributed by atoms with E-state index in [-0.39, 0.29) is 30.9 Å². The van der Waals surface area contributed by atoms with Crippen LogP contribution in [0, 0.1) is 0 Å². The van der Waals surface area contributed by atoms with Crippen LogP contribution in [0.2, 0.25) is 0 Å². The molecule has 2 rings (SSSR count). The minimum Gasteiger partial charge on any atom is -0.388 e. The van der Waals surface area contributed by atoms with Gasteiger partial charge in [-0.15, -0.1) is 0 Å². The van der Waals surface area contributed by atoms with E-state index in [2.05, 4.69) is 10.6 Å². The minimum atomic E-state index is -1.16. The summed E-state index contributed by atoms with van der Waals surface area (Å²) in [5.74, 6) is -0.138. The van der Waals surface area contributed by atoms with Crippen molar-refractivity contribution < 1.29 is 29.3 Å². The number of hydrogen-bond acceptors (Lipinski definition) is 6. The van der Waals surface area contributed by atoms with Gasteiger partial charge in [0.25, 0.3) is 0 Å². The Balaban J connectivity index is 1.80. The number of aliphatic hydroxyl groups excluding tert-OH is 2. The van der Waals surface area contributed by atoms with Crippen molar-refractivity contribution in [3.05, 3.63) is 0 Å². The molecule has 0 saturated carbocycles. The largest absolute Gasteiger partial charge is 0.388 e. The summed E-state index contributed by atoms with van der Waals surface area (Å²) in [5, 5.41) is 25.4. The third-order valence-corrected chi connectivity index (χ3v) is 4.08. The smallest absolute Gasteiger partial charge is 0.315 e. The third-order valence-electron chi connectivity index (χ3n) is 4.08. The summed E-state index contributed by atoms with van der Waals surface area (Å²) in [4.78, 5) is 25.4. The van der Waals surface area contributed by atoms with Gasteiger partial charge in [0.05, 0.1) is 25.7 Å². The quantitative estimate of drug-likeness (QED) is 0.478. The van der Waals surface area contributed by atoms with Crippen molar-refractivity contribution in [2.75, 3.05) is 32.8 Å². The van der Waals surface area contributed by atoms with Gasteiger partial charge in [-0.05, 0) is 13.8 Å². The lowest BCUT2D eigenvalue weighted by Crippen LogP contribution is -2.45. The van der Waals surface area contributed by atoms with E-state index in [1.165, 1.54) is 0 Å².